The maximum absolute atomic E-state index is 12.2. The van der Waals surface area contributed by atoms with Gasteiger partial charge in [-0.05, 0) is 24.3 Å². The fourth-order valence-corrected chi connectivity index (χ4v) is 1.96. The minimum atomic E-state index is -1.25. The number of nitrogens with zero attached hydrogens (tertiary/aromatic N) is 1. The van der Waals surface area contributed by atoms with Crippen molar-refractivity contribution in [1.29, 1.82) is 0 Å². The number of phenols is 2. The monoisotopic (exact) mass is 332 g/mol. The first-order chi connectivity index (χ1) is 11.3. The number of amides is 1. The molecular formula is C15H12N2O7. The average molecular weight is 332 g/mol. The number of aliphatic carboxylic acids is 1. The topological polar surface area (TPSA) is 157 Å². The number of aromatic nitrogens is 1. The van der Waals surface area contributed by atoms with Crippen LogP contribution in [0.15, 0.2) is 30.5 Å². The maximum Gasteiger partial charge on any atom is 0.335 e. The molecular weight excluding hydrogens is 320 g/mol. The van der Waals surface area contributed by atoms with Crippen LogP contribution in [0.25, 0.3) is 0 Å². The third-order valence-corrected chi connectivity index (χ3v) is 3.01. The Labute approximate surface area is 134 Å². The van der Waals surface area contributed by atoms with Gasteiger partial charge in [0.2, 0.25) is 0 Å². The van der Waals surface area contributed by atoms with E-state index in [0.717, 1.165) is 18.2 Å². The van der Waals surface area contributed by atoms with Crippen LogP contribution in [0, 0.1) is 0 Å². The van der Waals surface area contributed by atoms with Crippen LogP contribution < -0.4 is 5.32 Å². The SMILES string of the molecule is O=C(O)Cc1cc(O)cc(C(=O)Nc2cc(C(=O)O)ccn2)c1O. The van der Waals surface area contributed by atoms with Crippen molar-refractivity contribution in [3.05, 3.63) is 47.2 Å². The lowest BCUT2D eigenvalue weighted by Gasteiger charge is -2.10. The lowest BCUT2D eigenvalue weighted by molar-refractivity contribution is -0.136. The van der Waals surface area contributed by atoms with Gasteiger partial charge in [0.1, 0.15) is 17.3 Å². The zero-order valence-electron chi connectivity index (χ0n) is 12.1. The van der Waals surface area contributed by atoms with Crippen LogP contribution >= 0.6 is 0 Å². The summed E-state index contributed by atoms with van der Waals surface area (Å²) < 4.78 is 0. The first-order valence-electron chi connectivity index (χ1n) is 6.55. The number of aromatic hydroxyl groups is 2. The van der Waals surface area contributed by atoms with Gasteiger partial charge in [-0.15, -0.1) is 0 Å². The van der Waals surface area contributed by atoms with E-state index in [-0.39, 0.29) is 22.5 Å². The molecule has 0 radical (unpaired) electrons. The Morgan fingerprint density at radius 1 is 1.08 bits per heavy atom. The zero-order valence-corrected chi connectivity index (χ0v) is 12.1. The maximum atomic E-state index is 12.2. The summed E-state index contributed by atoms with van der Waals surface area (Å²) in [6, 6.07) is 4.33. The van der Waals surface area contributed by atoms with E-state index in [1.807, 2.05) is 0 Å². The second-order valence-electron chi connectivity index (χ2n) is 4.76. The first-order valence-corrected chi connectivity index (χ1v) is 6.55. The molecule has 0 saturated carbocycles. The van der Waals surface area contributed by atoms with Crippen molar-refractivity contribution < 1.29 is 34.8 Å². The smallest absolute Gasteiger partial charge is 0.335 e. The van der Waals surface area contributed by atoms with Crippen LogP contribution in [0.2, 0.25) is 0 Å². The number of hydrogen-bond acceptors (Lipinski definition) is 6. The number of phenolic OH excluding ortho intramolecular Hbond substituents is 2. The van der Waals surface area contributed by atoms with Gasteiger partial charge >= 0.3 is 11.9 Å². The largest absolute Gasteiger partial charge is 0.508 e. The zero-order chi connectivity index (χ0) is 17.9. The molecule has 5 N–H and O–H groups in total. The minimum Gasteiger partial charge on any atom is -0.508 e. The molecule has 1 aromatic carbocycles. The minimum absolute atomic E-state index is 0.0811. The van der Waals surface area contributed by atoms with Gasteiger partial charge in [-0.1, -0.05) is 0 Å². The Hall–Kier alpha value is -3.62. The van der Waals surface area contributed by atoms with Gasteiger partial charge in [-0.2, -0.15) is 0 Å². The summed E-state index contributed by atoms with van der Waals surface area (Å²) in [5, 5.41) is 39.5. The number of nitrogens with one attached hydrogen (secondary N) is 1. The van der Waals surface area contributed by atoms with E-state index < -0.39 is 35.8 Å². The van der Waals surface area contributed by atoms with E-state index in [2.05, 4.69) is 10.3 Å². The molecule has 1 amide bonds. The van der Waals surface area contributed by atoms with Crippen molar-refractivity contribution in [3.63, 3.8) is 0 Å². The van der Waals surface area contributed by atoms with E-state index in [9.17, 15) is 24.6 Å². The molecule has 0 spiro atoms. The van der Waals surface area contributed by atoms with Crippen molar-refractivity contribution in [2.75, 3.05) is 5.32 Å². The quantitative estimate of drug-likeness (QED) is 0.509. The lowest BCUT2D eigenvalue weighted by Crippen LogP contribution is -2.14. The van der Waals surface area contributed by atoms with Crippen LogP contribution in [-0.2, 0) is 11.2 Å². The molecule has 9 nitrogen and oxygen atoms in total. The molecule has 0 aliphatic rings. The fraction of sp³-hybridized carbons (Fsp3) is 0.0667. The summed E-state index contributed by atoms with van der Waals surface area (Å²) in [5.41, 5.74) is -0.610. The number of anilines is 1. The van der Waals surface area contributed by atoms with Crippen molar-refractivity contribution in [2.45, 2.75) is 6.42 Å². The van der Waals surface area contributed by atoms with Gasteiger partial charge in [-0.3, -0.25) is 9.59 Å². The highest BCUT2D eigenvalue weighted by Crippen LogP contribution is 2.29. The summed E-state index contributed by atoms with van der Waals surface area (Å²) >= 11 is 0. The van der Waals surface area contributed by atoms with Gasteiger partial charge in [0.15, 0.2) is 0 Å². The third-order valence-electron chi connectivity index (χ3n) is 3.01. The summed E-state index contributed by atoms with van der Waals surface area (Å²) in [6.45, 7) is 0. The van der Waals surface area contributed by atoms with E-state index in [4.69, 9.17) is 10.2 Å². The van der Waals surface area contributed by atoms with E-state index in [0.29, 0.717) is 0 Å². The molecule has 2 rings (SSSR count). The lowest BCUT2D eigenvalue weighted by atomic mass is 10.0. The third kappa shape index (κ3) is 3.77. The van der Waals surface area contributed by atoms with Gasteiger partial charge < -0.3 is 25.7 Å². The fourth-order valence-electron chi connectivity index (χ4n) is 1.96. The molecule has 0 saturated heterocycles. The van der Waals surface area contributed by atoms with Crippen LogP contribution in [0.3, 0.4) is 0 Å². The highest BCUT2D eigenvalue weighted by Gasteiger charge is 2.19. The van der Waals surface area contributed by atoms with Crippen LogP contribution in [-0.4, -0.2) is 43.3 Å². The molecule has 2 aromatic rings. The van der Waals surface area contributed by atoms with E-state index >= 15 is 0 Å². The molecule has 0 atom stereocenters. The van der Waals surface area contributed by atoms with Gasteiger partial charge in [-0.25, -0.2) is 9.78 Å². The molecule has 124 valence electrons. The number of hydrogen-bond donors (Lipinski definition) is 5. The number of carbonyl (C=O) groups excluding carboxylic acids is 1. The number of pyridine rings is 1. The van der Waals surface area contributed by atoms with Gasteiger partial charge in [0, 0.05) is 11.8 Å². The molecule has 0 unspecified atom stereocenters. The number of carboxylic acids is 2. The van der Waals surface area contributed by atoms with Crippen molar-refractivity contribution in [2.24, 2.45) is 0 Å². The van der Waals surface area contributed by atoms with Crippen LogP contribution in [0.4, 0.5) is 5.82 Å². The standard InChI is InChI=1S/C15H12N2O7/c18-9-3-8(5-12(19)20)13(21)10(6-9)14(22)17-11-4-7(15(23)24)1-2-16-11/h1-4,6,18,21H,5H2,(H,19,20)(H,23,24)(H,16,17,22). The predicted octanol–water partition coefficient (Wildman–Crippen LogP) is 1.07. The average Bonchev–Trinajstić information content (AvgIpc) is 2.50. The Balaban J connectivity index is 2.33. The second kappa shape index (κ2) is 6.65. The number of carboxylic acid groups (broad SMARTS) is 2. The van der Waals surface area contributed by atoms with Gasteiger partial charge in [0.25, 0.3) is 5.91 Å². The van der Waals surface area contributed by atoms with Crippen molar-refractivity contribution in [1.82, 2.24) is 4.98 Å². The molecule has 0 aliphatic heterocycles. The Bertz CT molecular complexity index is 833. The second-order valence-corrected chi connectivity index (χ2v) is 4.76. The number of benzene rings is 1. The Morgan fingerprint density at radius 3 is 2.42 bits per heavy atom. The number of carbonyl (C=O) groups is 3. The highest BCUT2D eigenvalue weighted by molar-refractivity contribution is 6.06. The first kappa shape index (κ1) is 16.7. The Morgan fingerprint density at radius 2 is 1.79 bits per heavy atom. The summed E-state index contributed by atoms with van der Waals surface area (Å²) in [4.78, 5) is 37.6. The highest BCUT2D eigenvalue weighted by atomic mass is 16.4. The molecule has 24 heavy (non-hydrogen) atoms. The molecule has 1 aromatic heterocycles. The summed E-state index contributed by atoms with van der Waals surface area (Å²) in [5.74, 6) is -4.43. The van der Waals surface area contributed by atoms with Crippen molar-refractivity contribution >= 4 is 23.7 Å². The molecule has 9 heteroatoms. The number of aromatic carboxylic acids is 1. The molecule has 0 fully saturated rings. The predicted molar refractivity (Wildman–Crippen MR) is 80.3 cm³/mol. The molecule has 0 bridgehead atoms. The molecule has 1 heterocycles. The molecule has 0 aliphatic carbocycles. The summed E-state index contributed by atoms with van der Waals surface area (Å²) in [6.07, 6.45) is 0.588. The van der Waals surface area contributed by atoms with E-state index in [1.165, 1.54) is 12.3 Å². The summed E-state index contributed by atoms with van der Waals surface area (Å²) in [7, 11) is 0. The Kier molecular flexibility index (Phi) is 4.64. The number of rotatable bonds is 5. The van der Waals surface area contributed by atoms with Gasteiger partial charge in [0.05, 0.1) is 17.5 Å². The van der Waals surface area contributed by atoms with Crippen LogP contribution in [0.5, 0.6) is 11.5 Å². The van der Waals surface area contributed by atoms with E-state index in [1.54, 1.807) is 0 Å². The van der Waals surface area contributed by atoms with Crippen LogP contribution in [0.1, 0.15) is 26.3 Å². The van der Waals surface area contributed by atoms with Crippen molar-refractivity contribution in [3.8, 4) is 11.5 Å². The normalized spacial score (nSPS) is 10.2.